The van der Waals surface area contributed by atoms with Crippen LogP contribution < -0.4 is 10.6 Å². The van der Waals surface area contributed by atoms with E-state index in [4.69, 9.17) is 4.99 Å². The summed E-state index contributed by atoms with van der Waals surface area (Å²) < 4.78 is 1.98. The molecule has 1 aliphatic heterocycles. The first-order valence-electron chi connectivity index (χ1n) is 11.8. The summed E-state index contributed by atoms with van der Waals surface area (Å²) in [5.74, 6) is 1.06. The van der Waals surface area contributed by atoms with Crippen LogP contribution in [0.25, 0.3) is 5.69 Å². The normalized spacial score (nSPS) is 25.0. The summed E-state index contributed by atoms with van der Waals surface area (Å²) in [5, 5.41) is 6.61. The Bertz CT molecular complexity index is 1050. The van der Waals surface area contributed by atoms with Crippen LogP contribution in [-0.2, 0) is 16.1 Å². The van der Waals surface area contributed by atoms with Gasteiger partial charge in [0.1, 0.15) is 0 Å². The number of aromatic nitrogens is 2. The summed E-state index contributed by atoms with van der Waals surface area (Å²) >= 11 is 0. The zero-order chi connectivity index (χ0) is 22.8. The van der Waals surface area contributed by atoms with Crippen molar-refractivity contribution in [1.29, 1.82) is 0 Å². The van der Waals surface area contributed by atoms with E-state index in [-0.39, 0.29) is 59.5 Å². The number of carbonyl (C=O) groups excluding carboxylic acids is 2. The van der Waals surface area contributed by atoms with E-state index >= 15 is 0 Å². The van der Waals surface area contributed by atoms with Crippen molar-refractivity contribution in [1.82, 2.24) is 25.1 Å². The molecule has 5 rings (SSSR count). The third-order valence-electron chi connectivity index (χ3n) is 6.94. The molecule has 1 saturated carbocycles. The van der Waals surface area contributed by atoms with Crippen molar-refractivity contribution in [2.75, 3.05) is 19.6 Å². The molecular weight excluding hydrogens is 543 g/mol. The molecule has 1 aromatic heterocycles. The lowest BCUT2D eigenvalue weighted by atomic mass is 9.85. The number of para-hydroxylation sites is 1. The van der Waals surface area contributed by atoms with Crippen molar-refractivity contribution >= 4 is 41.8 Å². The van der Waals surface area contributed by atoms with Gasteiger partial charge >= 0.3 is 0 Å². The van der Waals surface area contributed by atoms with Gasteiger partial charge in [0, 0.05) is 32.0 Å². The van der Waals surface area contributed by atoms with Crippen LogP contribution in [0.15, 0.2) is 60.1 Å². The molecule has 2 heterocycles. The molecule has 2 fully saturated rings. The first-order chi connectivity index (χ1) is 16.2. The molecule has 4 atom stereocenters. The molecule has 1 aromatic carbocycles. The predicted molar refractivity (Wildman–Crippen MR) is 141 cm³/mol. The molecule has 2 amide bonds. The number of hydrogen-bond donors (Lipinski definition) is 2. The lowest BCUT2D eigenvalue weighted by Gasteiger charge is -2.18. The highest BCUT2D eigenvalue weighted by Crippen LogP contribution is 2.52. The fourth-order valence-electron chi connectivity index (χ4n) is 5.43. The molecule has 2 N–H and O–H groups in total. The topological polar surface area (TPSA) is 91.6 Å². The number of hydrogen-bond acceptors (Lipinski definition) is 4. The van der Waals surface area contributed by atoms with Crippen molar-refractivity contribution in [3.8, 4) is 5.69 Å². The SMILES string of the molecule is CCNC(=NCc1ccccc1-n1ccnc1)NCCCN1C(=O)C2C3C=CC(C3)C2C1=O.I. The highest BCUT2D eigenvalue weighted by atomic mass is 127. The van der Waals surface area contributed by atoms with Crippen LogP contribution in [0.4, 0.5) is 0 Å². The summed E-state index contributed by atoms with van der Waals surface area (Å²) in [6, 6.07) is 8.12. The Labute approximate surface area is 216 Å². The standard InChI is InChI=1S/C25H30N6O2.HI/c1-2-27-25(29-15-19-6-3-4-7-20(19)30-13-11-26-16-30)28-10-5-12-31-23(32)21-17-8-9-18(14-17)22(21)24(31)33;/h3-4,6-9,11,13,16-18,21-22H,2,5,10,12,14-15H2,1H3,(H2,27,28,29);1H. The van der Waals surface area contributed by atoms with Gasteiger partial charge in [-0.15, -0.1) is 24.0 Å². The molecule has 180 valence electrons. The summed E-state index contributed by atoms with van der Waals surface area (Å²) in [6.07, 6.45) is 11.4. The Kier molecular flexibility index (Phi) is 7.70. The van der Waals surface area contributed by atoms with E-state index in [1.165, 1.54) is 4.90 Å². The number of imidazole rings is 1. The smallest absolute Gasteiger partial charge is 0.233 e. The van der Waals surface area contributed by atoms with Gasteiger partial charge in [-0.25, -0.2) is 9.98 Å². The van der Waals surface area contributed by atoms with Gasteiger partial charge in [0.15, 0.2) is 5.96 Å². The van der Waals surface area contributed by atoms with Crippen molar-refractivity contribution in [2.24, 2.45) is 28.7 Å². The van der Waals surface area contributed by atoms with Crippen molar-refractivity contribution in [3.63, 3.8) is 0 Å². The second-order valence-corrected chi connectivity index (χ2v) is 8.90. The average Bonchev–Trinajstić information content (AvgIpc) is 3.62. The number of rotatable bonds is 8. The van der Waals surface area contributed by atoms with Gasteiger partial charge in [0.05, 0.1) is 30.4 Å². The number of imide groups is 1. The Morgan fingerprint density at radius 3 is 2.53 bits per heavy atom. The maximum absolute atomic E-state index is 12.8. The molecule has 9 heteroatoms. The number of amides is 2. The van der Waals surface area contributed by atoms with Crippen LogP contribution in [0, 0.1) is 23.7 Å². The fraction of sp³-hybridized carbons (Fsp3) is 0.440. The number of benzene rings is 1. The van der Waals surface area contributed by atoms with Gasteiger partial charge in [0.2, 0.25) is 11.8 Å². The summed E-state index contributed by atoms with van der Waals surface area (Å²) in [6.45, 7) is 4.38. The lowest BCUT2D eigenvalue weighted by Crippen LogP contribution is -2.40. The van der Waals surface area contributed by atoms with E-state index in [2.05, 4.69) is 33.8 Å². The molecule has 2 aliphatic carbocycles. The zero-order valence-corrected chi connectivity index (χ0v) is 21.6. The van der Waals surface area contributed by atoms with Crippen molar-refractivity contribution < 1.29 is 9.59 Å². The van der Waals surface area contributed by atoms with Gasteiger partial charge in [-0.05, 0) is 43.2 Å². The Hall–Kier alpha value is -2.69. The number of nitrogens with zero attached hydrogens (tertiary/aromatic N) is 4. The third-order valence-corrected chi connectivity index (χ3v) is 6.94. The number of allylic oxidation sites excluding steroid dienone is 2. The molecule has 0 spiro atoms. The number of likely N-dealkylation sites (tertiary alicyclic amines) is 1. The number of aliphatic imine (C=N–C) groups is 1. The third kappa shape index (κ3) is 4.62. The summed E-state index contributed by atoms with van der Waals surface area (Å²) in [7, 11) is 0. The van der Waals surface area contributed by atoms with Crippen LogP contribution in [0.2, 0.25) is 0 Å². The number of nitrogens with one attached hydrogen (secondary N) is 2. The Morgan fingerprint density at radius 2 is 1.85 bits per heavy atom. The number of fused-ring (bicyclic) bond motifs is 5. The van der Waals surface area contributed by atoms with E-state index in [1.54, 1.807) is 12.5 Å². The van der Waals surface area contributed by atoms with Crippen LogP contribution in [0.1, 0.15) is 25.3 Å². The zero-order valence-electron chi connectivity index (χ0n) is 19.3. The average molecular weight is 574 g/mol. The first kappa shape index (κ1) is 24.4. The second-order valence-electron chi connectivity index (χ2n) is 8.90. The minimum absolute atomic E-state index is 0. The van der Waals surface area contributed by atoms with Crippen LogP contribution in [0.3, 0.4) is 0 Å². The van der Waals surface area contributed by atoms with Crippen LogP contribution in [-0.4, -0.2) is 51.9 Å². The summed E-state index contributed by atoms with van der Waals surface area (Å²) in [5.41, 5.74) is 2.14. The van der Waals surface area contributed by atoms with E-state index in [0.29, 0.717) is 26.1 Å². The lowest BCUT2D eigenvalue weighted by molar-refractivity contribution is -0.140. The highest BCUT2D eigenvalue weighted by Gasteiger charge is 2.58. The largest absolute Gasteiger partial charge is 0.357 e. The number of guanidine groups is 1. The van der Waals surface area contributed by atoms with Crippen LogP contribution >= 0.6 is 24.0 Å². The fourth-order valence-corrected chi connectivity index (χ4v) is 5.43. The molecule has 3 aliphatic rings. The van der Waals surface area contributed by atoms with Gasteiger partial charge in [0.25, 0.3) is 0 Å². The van der Waals surface area contributed by atoms with Crippen LogP contribution in [0.5, 0.6) is 0 Å². The molecule has 4 unspecified atom stereocenters. The highest BCUT2D eigenvalue weighted by molar-refractivity contribution is 14.0. The van der Waals surface area contributed by atoms with Gasteiger partial charge in [-0.1, -0.05) is 30.4 Å². The quantitative estimate of drug-likeness (QED) is 0.126. The van der Waals surface area contributed by atoms with E-state index < -0.39 is 0 Å². The van der Waals surface area contributed by atoms with Gasteiger partial charge < -0.3 is 15.2 Å². The van der Waals surface area contributed by atoms with Crippen molar-refractivity contribution in [2.45, 2.75) is 26.3 Å². The maximum atomic E-state index is 12.8. The first-order valence-corrected chi connectivity index (χ1v) is 11.8. The Balaban J connectivity index is 0.00000274. The molecule has 2 aromatic rings. The number of carbonyl (C=O) groups is 2. The molecule has 0 radical (unpaired) electrons. The van der Waals surface area contributed by atoms with Gasteiger partial charge in [-0.3, -0.25) is 14.5 Å². The minimum atomic E-state index is -0.116. The summed E-state index contributed by atoms with van der Waals surface area (Å²) in [4.78, 5) is 36.0. The molecule has 1 saturated heterocycles. The number of halogens is 1. The van der Waals surface area contributed by atoms with E-state index in [1.807, 2.05) is 35.9 Å². The molecule has 8 nitrogen and oxygen atoms in total. The van der Waals surface area contributed by atoms with Crippen molar-refractivity contribution in [3.05, 3.63) is 60.7 Å². The minimum Gasteiger partial charge on any atom is -0.357 e. The molecular formula is C25H31IN6O2. The predicted octanol–water partition coefficient (Wildman–Crippen LogP) is 2.74. The van der Waals surface area contributed by atoms with E-state index in [0.717, 1.165) is 30.2 Å². The maximum Gasteiger partial charge on any atom is 0.233 e. The monoisotopic (exact) mass is 574 g/mol. The second kappa shape index (κ2) is 10.7. The van der Waals surface area contributed by atoms with Gasteiger partial charge in [-0.2, -0.15) is 0 Å². The Morgan fingerprint density at radius 1 is 1.12 bits per heavy atom. The molecule has 2 bridgehead atoms. The molecule has 34 heavy (non-hydrogen) atoms. The van der Waals surface area contributed by atoms with E-state index in [9.17, 15) is 9.59 Å².